The van der Waals surface area contributed by atoms with Gasteiger partial charge in [-0.15, -0.1) is 0 Å². The molecular weight excluding hydrogens is 656 g/mol. The molecule has 0 aliphatic carbocycles. The fraction of sp³-hybridized carbons (Fsp3) is 0.324. The van der Waals surface area contributed by atoms with Crippen LogP contribution in [0.15, 0.2) is 65.5 Å². The number of urea groups is 1. The van der Waals surface area contributed by atoms with Crippen LogP contribution in [0.3, 0.4) is 0 Å². The van der Waals surface area contributed by atoms with Crippen molar-refractivity contribution in [1.29, 1.82) is 0 Å². The number of alkyl carbamates (subject to hydrolysis) is 1. The summed E-state index contributed by atoms with van der Waals surface area (Å²) in [4.78, 5) is 60.7. The Morgan fingerprint density at radius 2 is 1.56 bits per heavy atom. The third-order valence-corrected chi connectivity index (χ3v) is 8.30. The highest BCUT2D eigenvalue weighted by molar-refractivity contribution is 6.03. The van der Waals surface area contributed by atoms with E-state index in [-0.39, 0.29) is 60.3 Å². The summed E-state index contributed by atoms with van der Waals surface area (Å²) < 4.78 is 45.1. The van der Waals surface area contributed by atoms with Crippen LogP contribution in [-0.4, -0.2) is 86.1 Å². The number of hydrogen-bond donors (Lipinski definition) is 2. The van der Waals surface area contributed by atoms with E-state index in [1.54, 1.807) is 42.0 Å². The molecule has 2 heterocycles. The molecule has 14 nitrogen and oxygen atoms in total. The number of carbonyl (C=O) groups is 3. The normalized spacial score (nSPS) is 14.1. The fourth-order valence-electron chi connectivity index (χ4n) is 5.71. The highest BCUT2D eigenvalue weighted by Gasteiger charge is 2.33. The molecule has 0 saturated carbocycles. The number of fused-ring (bicyclic) bond motifs is 1. The van der Waals surface area contributed by atoms with Crippen LogP contribution in [0.25, 0.3) is 10.9 Å². The van der Waals surface area contributed by atoms with Gasteiger partial charge in [0.05, 0.1) is 57.1 Å². The first-order chi connectivity index (χ1) is 23.9. The number of ether oxygens (including phenoxy) is 3. The number of amides is 4. The lowest BCUT2D eigenvalue weighted by atomic mass is 10.1. The van der Waals surface area contributed by atoms with Crippen molar-refractivity contribution in [3.63, 3.8) is 0 Å². The van der Waals surface area contributed by atoms with Gasteiger partial charge in [-0.25, -0.2) is 28.0 Å². The number of benzene rings is 3. The van der Waals surface area contributed by atoms with Gasteiger partial charge < -0.3 is 34.8 Å². The minimum Gasteiger partial charge on any atom is -0.497 e. The average Bonchev–Trinajstić information content (AvgIpc) is 3.12. The number of hydrogen-bond acceptors (Lipinski definition) is 9. The van der Waals surface area contributed by atoms with Crippen LogP contribution in [0.5, 0.6) is 11.5 Å². The lowest BCUT2D eigenvalue weighted by Gasteiger charge is -2.39. The van der Waals surface area contributed by atoms with Crippen molar-refractivity contribution in [2.75, 3.05) is 62.7 Å². The second-order valence-corrected chi connectivity index (χ2v) is 11.4. The van der Waals surface area contributed by atoms with E-state index in [9.17, 15) is 28.0 Å². The molecule has 0 radical (unpaired) electrons. The predicted molar refractivity (Wildman–Crippen MR) is 181 cm³/mol. The summed E-state index contributed by atoms with van der Waals surface area (Å²) in [6.45, 7) is 3.93. The zero-order chi connectivity index (χ0) is 36.1. The summed E-state index contributed by atoms with van der Waals surface area (Å²) in [5.41, 5.74) is 0.134. The van der Waals surface area contributed by atoms with Crippen molar-refractivity contribution in [2.24, 2.45) is 0 Å². The van der Waals surface area contributed by atoms with E-state index >= 15 is 0 Å². The molecule has 1 aliphatic rings. The third-order valence-electron chi connectivity index (χ3n) is 8.30. The van der Waals surface area contributed by atoms with Crippen molar-refractivity contribution < 1.29 is 37.4 Å². The zero-order valence-electron chi connectivity index (χ0n) is 28.1. The Morgan fingerprint density at radius 1 is 0.880 bits per heavy atom. The third kappa shape index (κ3) is 7.38. The smallest absolute Gasteiger partial charge is 0.407 e. The van der Waals surface area contributed by atoms with Gasteiger partial charge in [-0.3, -0.25) is 14.5 Å². The second-order valence-electron chi connectivity index (χ2n) is 11.4. The van der Waals surface area contributed by atoms with Crippen molar-refractivity contribution in [3.05, 3.63) is 88.5 Å². The Balaban J connectivity index is 1.59. The van der Waals surface area contributed by atoms with Gasteiger partial charge in [-0.1, -0.05) is 0 Å². The molecule has 5 rings (SSSR count). The molecule has 0 bridgehead atoms. The molecule has 0 unspecified atom stereocenters. The highest BCUT2D eigenvalue weighted by Crippen LogP contribution is 2.37. The van der Waals surface area contributed by atoms with Gasteiger partial charge in [-0.2, -0.15) is 0 Å². The van der Waals surface area contributed by atoms with Gasteiger partial charge in [-0.05, 0) is 62.4 Å². The maximum absolute atomic E-state index is 14.5. The van der Waals surface area contributed by atoms with Crippen molar-refractivity contribution in [1.82, 2.24) is 19.9 Å². The zero-order valence-corrected chi connectivity index (χ0v) is 28.1. The number of methoxy groups -OCH3 is 3. The molecule has 1 aliphatic heterocycles. The number of nitrogens with one attached hydrogen (secondary N) is 2. The van der Waals surface area contributed by atoms with E-state index in [4.69, 9.17) is 14.5 Å². The summed E-state index contributed by atoms with van der Waals surface area (Å²) >= 11 is 0. The lowest BCUT2D eigenvalue weighted by molar-refractivity contribution is -0.133. The standard InChI is InChI=1S/C34H37F2N7O7/c1-20(37-34(47)50-5)31(44)40-14-16-41(17-15-40)43-30(39-27-18-23(36)8-12-26(27)32(43)45)21(2)42(28-13-11-25(48-3)19-29(28)49-4)33(46)38-24-9-6-22(35)7-10-24/h6-13,18-21H,14-17H2,1-5H3,(H,37,47)(H,38,46)/t20-,21-/m0/s1. The SMILES string of the molecule is COC(=O)N[C@@H](C)C(=O)N1CCN(n2c([C@H](C)N(C(=O)Nc3ccc(F)cc3)c3ccc(OC)cc3OC)nc3cc(F)ccc3c2=O)CC1. The Labute approximate surface area is 286 Å². The van der Waals surface area contributed by atoms with Crippen LogP contribution >= 0.6 is 0 Å². The Hall–Kier alpha value is -5.93. The van der Waals surface area contributed by atoms with Crippen LogP contribution < -0.4 is 35.6 Å². The quantitative estimate of drug-likeness (QED) is 0.265. The molecule has 50 heavy (non-hydrogen) atoms. The van der Waals surface area contributed by atoms with E-state index < -0.39 is 41.4 Å². The minimum absolute atomic E-state index is 0.0743. The van der Waals surface area contributed by atoms with Crippen molar-refractivity contribution in [3.8, 4) is 11.5 Å². The number of halogens is 2. The maximum Gasteiger partial charge on any atom is 0.407 e. The highest BCUT2D eigenvalue weighted by atomic mass is 19.1. The number of rotatable bonds is 9. The van der Waals surface area contributed by atoms with Crippen molar-refractivity contribution >= 4 is 40.3 Å². The van der Waals surface area contributed by atoms with Gasteiger partial charge >= 0.3 is 12.1 Å². The lowest BCUT2D eigenvalue weighted by Crippen LogP contribution is -2.59. The van der Waals surface area contributed by atoms with Crippen LogP contribution in [0.4, 0.5) is 29.7 Å². The Bertz CT molecular complexity index is 1950. The molecule has 4 amide bonds. The van der Waals surface area contributed by atoms with Crippen molar-refractivity contribution in [2.45, 2.75) is 25.9 Å². The first-order valence-electron chi connectivity index (χ1n) is 15.6. The van der Waals surface area contributed by atoms with Crippen LogP contribution in [0, 0.1) is 11.6 Å². The minimum atomic E-state index is -1.01. The molecule has 1 fully saturated rings. The predicted octanol–water partition coefficient (Wildman–Crippen LogP) is 4.02. The maximum atomic E-state index is 14.5. The molecule has 1 aromatic heterocycles. The van der Waals surface area contributed by atoms with Crippen LogP contribution in [-0.2, 0) is 9.53 Å². The van der Waals surface area contributed by atoms with Gasteiger partial charge in [0.25, 0.3) is 5.56 Å². The van der Waals surface area contributed by atoms with E-state index in [2.05, 4.69) is 15.4 Å². The molecule has 3 aromatic carbocycles. The number of nitrogens with zero attached hydrogens (tertiary/aromatic N) is 5. The summed E-state index contributed by atoms with van der Waals surface area (Å²) in [7, 11) is 4.11. The average molecular weight is 694 g/mol. The summed E-state index contributed by atoms with van der Waals surface area (Å²) in [5, 5.41) is 7.07. The van der Waals surface area contributed by atoms with E-state index in [1.165, 1.54) is 61.2 Å². The fourth-order valence-corrected chi connectivity index (χ4v) is 5.71. The molecule has 2 N–H and O–H groups in total. The van der Waals surface area contributed by atoms with E-state index in [0.717, 1.165) is 12.1 Å². The first kappa shape index (κ1) is 35.4. The van der Waals surface area contributed by atoms with Crippen LogP contribution in [0.1, 0.15) is 25.7 Å². The first-order valence-corrected chi connectivity index (χ1v) is 15.6. The molecular formula is C34H37F2N7O7. The Morgan fingerprint density at radius 3 is 2.20 bits per heavy atom. The van der Waals surface area contributed by atoms with Gasteiger partial charge in [0, 0.05) is 30.9 Å². The largest absolute Gasteiger partial charge is 0.497 e. The topological polar surface area (TPSA) is 148 Å². The Kier molecular flexibility index (Phi) is 10.7. The summed E-state index contributed by atoms with van der Waals surface area (Å²) in [5.74, 6) is -0.633. The van der Waals surface area contributed by atoms with Gasteiger partial charge in [0.1, 0.15) is 29.2 Å². The number of piperazine rings is 1. The summed E-state index contributed by atoms with van der Waals surface area (Å²) in [6.07, 6.45) is -0.741. The molecule has 264 valence electrons. The van der Waals surface area contributed by atoms with E-state index in [1.807, 2.05) is 0 Å². The van der Waals surface area contributed by atoms with Crippen LogP contribution in [0.2, 0.25) is 0 Å². The number of carbonyl (C=O) groups excluding carboxylic acids is 3. The van der Waals surface area contributed by atoms with Gasteiger partial charge in [0.15, 0.2) is 5.82 Å². The molecule has 1 saturated heterocycles. The van der Waals surface area contributed by atoms with Gasteiger partial charge in [0.2, 0.25) is 5.91 Å². The molecule has 4 aromatic rings. The molecule has 16 heteroatoms. The monoisotopic (exact) mass is 693 g/mol. The number of aromatic nitrogens is 2. The molecule has 2 atom stereocenters. The summed E-state index contributed by atoms with van der Waals surface area (Å²) in [6, 6.07) is 11.1. The van der Waals surface area contributed by atoms with E-state index in [0.29, 0.717) is 11.4 Å². The number of anilines is 2. The molecule has 0 spiro atoms. The second kappa shape index (κ2) is 15.1.